The number of hydrogen-bond acceptors (Lipinski definition) is 7. The van der Waals surface area contributed by atoms with Crippen molar-refractivity contribution in [1.29, 1.82) is 0 Å². The lowest BCUT2D eigenvalue weighted by Crippen LogP contribution is -2.37. The Morgan fingerprint density at radius 3 is 2.79 bits per heavy atom. The summed E-state index contributed by atoms with van der Waals surface area (Å²) in [4.78, 5) is 17.5. The van der Waals surface area contributed by atoms with Crippen molar-refractivity contribution in [3.8, 4) is 0 Å². The minimum Gasteiger partial charge on any atom is -0.381 e. The molecule has 24 heavy (non-hydrogen) atoms. The van der Waals surface area contributed by atoms with Crippen molar-refractivity contribution in [2.24, 2.45) is 0 Å². The molecule has 1 saturated heterocycles. The van der Waals surface area contributed by atoms with Gasteiger partial charge in [-0.25, -0.2) is 15.0 Å². The van der Waals surface area contributed by atoms with Crippen LogP contribution in [0.4, 0.5) is 17.7 Å². The molecule has 0 amide bonds. The van der Waals surface area contributed by atoms with Gasteiger partial charge in [-0.2, -0.15) is 4.98 Å². The average Bonchev–Trinajstić information content (AvgIpc) is 2.94. The Hall–Kier alpha value is -2.74. The number of rotatable bonds is 3. The molecule has 1 aliphatic heterocycles. The fraction of sp³-hybridized carbons (Fsp3) is 0.375. The van der Waals surface area contributed by atoms with Crippen LogP contribution < -0.4 is 11.1 Å². The summed E-state index contributed by atoms with van der Waals surface area (Å²) in [6, 6.07) is 5.70. The van der Waals surface area contributed by atoms with Crippen LogP contribution in [-0.4, -0.2) is 37.7 Å². The Morgan fingerprint density at radius 2 is 2.04 bits per heavy atom. The van der Waals surface area contributed by atoms with E-state index < -0.39 is 0 Å². The van der Waals surface area contributed by atoms with E-state index in [-0.39, 0.29) is 11.5 Å². The third kappa shape index (κ3) is 2.54. The van der Waals surface area contributed by atoms with Crippen LogP contribution in [0.3, 0.4) is 0 Å². The lowest BCUT2D eigenvalue weighted by molar-refractivity contribution is 0.0318. The zero-order valence-corrected chi connectivity index (χ0v) is 13.4. The molecule has 3 N–H and O–H groups in total. The topological polar surface area (TPSA) is 104 Å². The molecule has 124 valence electrons. The first-order valence-electron chi connectivity index (χ1n) is 7.93. The van der Waals surface area contributed by atoms with Crippen LogP contribution in [0.2, 0.25) is 0 Å². The summed E-state index contributed by atoms with van der Waals surface area (Å²) in [5, 5.41) is 3.30. The summed E-state index contributed by atoms with van der Waals surface area (Å²) in [7, 11) is 0. The van der Waals surface area contributed by atoms with Gasteiger partial charge in [0.1, 0.15) is 11.3 Å². The number of nitrogen functional groups attached to an aromatic ring is 1. The number of imidazole rings is 1. The standard InChI is InChI=1S/C16H19N7O/c1-16(5-8-24-9-6-16)23-13-11(10-19-14(17)22-13)20-15(23)21-12-4-2-3-7-18-12/h2-4,7,10H,5-6,8-9H2,1H3,(H2,17,19,22)(H,18,20,21). The first kappa shape index (κ1) is 14.8. The van der Waals surface area contributed by atoms with Crippen LogP contribution in [0.15, 0.2) is 30.6 Å². The number of ether oxygens (including phenoxy) is 1. The van der Waals surface area contributed by atoms with Gasteiger partial charge in [-0.3, -0.25) is 4.57 Å². The number of nitrogens with one attached hydrogen (secondary N) is 1. The molecule has 3 aromatic heterocycles. The monoisotopic (exact) mass is 325 g/mol. The van der Waals surface area contributed by atoms with Crippen molar-refractivity contribution in [1.82, 2.24) is 24.5 Å². The predicted octanol–water partition coefficient (Wildman–Crippen LogP) is 2.07. The summed E-state index contributed by atoms with van der Waals surface area (Å²) in [5.41, 5.74) is 7.08. The lowest BCUT2D eigenvalue weighted by atomic mass is 9.92. The van der Waals surface area contributed by atoms with Gasteiger partial charge in [-0.05, 0) is 31.9 Å². The molecule has 3 aromatic rings. The highest BCUT2D eigenvalue weighted by Crippen LogP contribution is 2.35. The van der Waals surface area contributed by atoms with Crippen LogP contribution in [0.25, 0.3) is 11.2 Å². The molecule has 8 nitrogen and oxygen atoms in total. The zero-order valence-electron chi connectivity index (χ0n) is 13.4. The number of hydrogen-bond donors (Lipinski definition) is 2. The number of nitrogens with zero attached hydrogens (tertiary/aromatic N) is 5. The highest BCUT2D eigenvalue weighted by molar-refractivity contribution is 5.76. The first-order valence-corrected chi connectivity index (χ1v) is 7.93. The van der Waals surface area contributed by atoms with Crippen molar-refractivity contribution in [3.63, 3.8) is 0 Å². The van der Waals surface area contributed by atoms with Gasteiger partial charge in [0, 0.05) is 19.4 Å². The molecule has 0 saturated carbocycles. The molecular formula is C16H19N7O. The van der Waals surface area contributed by atoms with Crippen molar-refractivity contribution in [2.75, 3.05) is 24.3 Å². The minimum atomic E-state index is -0.162. The fourth-order valence-corrected chi connectivity index (χ4v) is 3.07. The van der Waals surface area contributed by atoms with Gasteiger partial charge in [-0.1, -0.05) is 6.07 Å². The van der Waals surface area contributed by atoms with E-state index in [0.717, 1.165) is 24.3 Å². The molecule has 1 aliphatic rings. The maximum atomic E-state index is 5.81. The van der Waals surface area contributed by atoms with E-state index in [1.807, 2.05) is 18.2 Å². The Kier molecular flexibility index (Phi) is 3.53. The van der Waals surface area contributed by atoms with Crippen molar-refractivity contribution in [3.05, 3.63) is 30.6 Å². The quantitative estimate of drug-likeness (QED) is 0.759. The first-order chi connectivity index (χ1) is 11.7. The van der Waals surface area contributed by atoms with Gasteiger partial charge >= 0.3 is 0 Å². The maximum absolute atomic E-state index is 5.81. The molecule has 0 spiro atoms. The van der Waals surface area contributed by atoms with Crippen LogP contribution in [0.1, 0.15) is 19.8 Å². The van der Waals surface area contributed by atoms with E-state index in [9.17, 15) is 0 Å². The van der Waals surface area contributed by atoms with E-state index in [0.29, 0.717) is 24.7 Å². The SMILES string of the molecule is CC1(n2c(Nc3ccccn3)nc3cnc(N)nc32)CCOCC1. The van der Waals surface area contributed by atoms with E-state index >= 15 is 0 Å². The highest BCUT2D eigenvalue weighted by atomic mass is 16.5. The smallest absolute Gasteiger partial charge is 0.222 e. The third-order valence-electron chi connectivity index (χ3n) is 4.43. The number of pyridine rings is 1. The van der Waals surface area contributed by atoms with Crippen molar-refractivity contribution < 1.29 is 4.74 Å². The normalized spacial score (nSPS) is 17.0. The second-order valence-electron chi connectivity index (χ2n) is 6.16. The Balaban J connectivity index is 1.87. The fourth-order valence-electron chi connectivity index (χ4n) is 3.07. The predicted molar refractivity (Wildman–Crippen MR) is 91.0 cm³/mol. The second kappa shape index (κ2) is 5.72. The summed E-state index contributed by atoms with van der Waals surface area (Å²) in [6.45, 7) is 3.61. The van der Waals surface area contributed by atoms with Crippen molar-refractivity contribution in [2.45, 2.75) is 25.3 Å². The summed E-state index contributed by atoms with van der Waals surface area (Å²) in [6.07, 6.45) is 5.14. The lowest BCUT2D eigenvalue weighted by Gasteiger charge is -2.36. The number of nitrogens with two attached hydrogens (primary N) is 1. The second-order valence-corrected chi connectivity index (χ2v) is 6.16. The Bertz CT molecular complexity index is 855. The zero-order chi connectivity index (χ0) is 16.6. The molecule has 0 radical (unpaired) electrons. The molecular weight excluding hydrogens is 306 g/mol. The van der Waals surface area contributed by atoms with E-state index in [1.165, 1.54) is 0 Å². The highest BCUT2D eigenvalue weighted by Gasteiger charge is 2.34. The minimum absolute atomic E-state index is 0.162. The summed E-state index contributed by atoms with van der Waals surface area (Å²) in [5.74, 6) is 1.65. The average molecular weight is 325 g/mol. The van der Waals surface area contributed by atoms with Gasteiger partial charge in [-0.15, -0.1) is 0 Å². The number of aromatic nitrogens is 5. The van der Waals surface area contributed by atoms with Crippen LogP contribution in [0.5, 0.6) is 0 Å². The van der Waals surface area contributed by atoms with Gasteiger partial charge in [0.25, 0.3) is 0 Å². The summed E-state index contributed by atoms with van der Waals surface area (Å²) >= 11 is 0. The maximum Gasteiger partial charge on any atom is 0.222 e. The molecule has 4 heterocycles. The van der Waals surface area contributed by atoms with E-state index in [2.05, 4.69) is 36.7 Å². The van der Waals surface area contributed by atoms with Crippen molar-refractivity contribution >= 4 is 28.9 Å². The molecule has 0 aromatic carbocycles. The molecule has 8 heteroatoms. The molecule has 4 rings (SSSR count). The number of fused-ring (bicyclic) bond motifs is 1. The molecule has 0 aliphatic carbocycles. The summed E-state index contributed by atoms with van der Waals surface area (Å²) < 4.78 is 7.64. The number of anilines is 3. The van der Waals surface area contributed by atoms with Gasteiger partial charge in [0.2, 0.25) is 11.9 Å². The Labute approximate surface area is 139 Å². The van der Waals surface area contributed by atoms with Gasteiger partial charge in [0.15, 0.2) is 5.65 Å². The van der Waals surface area contributed by atoms with Crippen LogP contribution in [0, 0.1) is 0 Å². The Morgan fingerprint density at radius 1 is 1.21 bits per heavy atom. The van der Waals surface area contributed by atoms with E-state index in [1.54, 1.807) is 12.4 Å². The van der Waals surface area contributed by atoms with Gasteiger partial charge < -0.3 is 15.8 Å². The molecule has 1 fully saturated rings. The molecule has 0 bridgehead atoms. The van der Waals surface area contributed by atoms with E-state index in [4.69, 9.17) is 10.5 Å². The molecule has 0 atom stereocenters. The molecule has 0 unspecified atom stereocenters. The van der Waals surface area contributed by atoms with Crippen LogP contribution >= 0.6 is 0 Å². The third-order valence-corrected chi connectivity index (χ3v) is 4.43. The largest absolute Gasteiger partial charge is 0.381 e. The van der Waals surface area contributed by atoms with Gasteiger partial charge in [0.05, 0.1) is 11.7 Å². The van der Waals surface area contributed by atoms with Crippen LogP contribution in [-0.2, 0) is 10.3 Å².